The summed E-state index contributed by atoms with van der Waals surface area (Å²) < 4.78 is 5.45. The number of likely N-dealkylation sites (tertiary alicyclic amines) is 1. The normalized spacial score (nSPS) is 19.2. The summed E-state index contributed by atoms with van der Waals surface area (Å²) in [4.78, 5) is 18.6. The minimum absolute atomic E-state index is 0.178. The molecule has 1 saturated heterocycles. The van der Waals surface area contributed by atoms with Crippen molar-refractivity contribution < 1.29 is 14.6 Å². The first kappa shape index (κ1) is 15.5. The maximum absolute atomic E-state index is 12.4. The van der Waals surface area contributed by atoms with Gasteiger partial charge in [-0.05, 0) is 44.9 Å². The minimum Gasteiger partial charge on any atom is -0.459 e. The summed E-state index contributed by atoms with van der Waals surface area (Å²) in [6.07, 6.45) is 2.86. The number of hydrogen-bond acceptors (Lipinski definition) is 5. The van der Waals surface area contributed by atoms with Gasteiger partial charge in [0.2, 0.25) is 0 Å². The third-order valence-electron chi connectivity index (χ3n) is 3.58. The summed E-state index contributed by atoms with van der Waals surface area (Å²) in [6.45, 7) is 3.32. The van der Waals surface area contributed by atoms with Crippen molar-refractivity contribution >= 4 is 5.97 Å². The molecule has 0 unspecified atom stereocenters. The lowest BCUT2D eigenvalue weighted by Crippen LogP contribution is -2.42. The summed E-state index contributed by atoms with van der Waals surface area (Å²) in [5, 5.41) is 10.6. The number of rotatable bonds is 3. The highest BCUT2D eigenvalue weighted by Crippen LogP contribution is 2.23. The molecule has 1 atom stereocenters. The number of ether oxygens (including phenoxy) is 1. The number of pyridine rings is 1. The highest BCUT2D eigenvalue weighted by Gasteiger charge is 2.41. The van der Waals surface area contributed by atoms with Crippen molar-refractivity contribution in [3.05, 3.63) is 30.1 Å². The lowest BCUT2D eigenvalue weighted by molar-refractivity contribution is -0.168. The Morgan fingerprint density at radius 2 is 2.19 bits per heavy atom. The number of esters is 1. The van der Waals surface area contributed by atoms with Crippen molar-refractivity contribution in [2.45, 2.75) is 31.5 Å². The third kappa shape index (κ3) is 3.60. The van der Waals surface area contributed by atoms with E-state index in [4.69, 9.17) is 4.74 Å². The zero-order chi connectivity index (χ0) is 15.3. The minimum atomic E-state index is -2.00. The van der Waals surface area contributed by atoms with E-state index in [9.17, 15) is 9.90 Å². The van der Waals surface area contributed by atoms with Crippen LogP contribution >= 0.6 is 0 Å². The molecule has 5 heteroatoms. The Balaban J connectivity index is 2.14. The molecule has 0 saturated carbocycles. The monoisotopic (exact) mass is 288 g/mol. The van der Waals surface area contributed by atoms with Gasteiger partial charge in [-0.25, -0.2) is 4.79 Å². The van der Waals surface area contributed by atoms with Crippen LogP contribution < -0.4 is 0 Å². The maximum Gasteiger partial charge on any atom is 0.357 e. The molecule has 0 radical (unpaired) electrons. The van der Waals surface area contributed by atoms with Crippen molar-refractivity contribution in [3.8, 4) is 11.8 Å². The molecule has 2 heterocycles. The van der Waals surface area contributed by atoms with E-state index in [1.807, 2.05) is 7.05 Å². The molecule has 112 valence electrons. The fraction of sp³-hybridized carbons (Fsp3) is 0.500. The predicted molar refractivity (Wildman–Crippen MR) is 78.2 cm³/mol. The van der Waals surface area contributed by atoms with Crippen LogP contribution in [0.1, 0.15) is 25.5 Å². The van der Waals surface area contributed by atoms with E-state index in [2.05, 4.69) is 21.7 Å². The molecule has 0 spiro atoms. The van der Waals surface area contributed by atoms with E-state index >= 15 is 0 Å². The molecule has 5 nitrogen and oxygen atoms in total. The maximum atomic E-state index is 12.4. The molecule has 1 aliphatic rings. The lowest BCUT2D eigenvalue weighted by Gasteiger charge is -2.30. The predicted octanol–water partition coefficient (Wildman–Crippen LogP) is 0.930. The van der Waals surface area contributed by atoms with Crippen LogP contribution in [-0.4, -0.2) is 47.2 Å². The van der Waals surface area contributed by atoms with Gasteiger partial charge in [0.15, 0.2) is 0 Å². The van der Waals surface area contributed by atoms with Gasteiger partial charge in [0.1, 0.15) is 6.10 Å². The van der Waals surface area contributed by atoms with E-state index in [1.165, 1.54) is 6.20 Å². The van der Waals surface area contributed by atoms with Crippen molar-refractivity contribution in [1.29, 1.82) is 0 Å². The third-order valence-corrected chi connectivity index (χ3v) is 3.58. The summed E-state index contributed by atoms with van der Waals surface area (Å²) in [5.41, 5.74) is -1.81. The van der Waals surface area contributed by atoms with Gasteiger partial charge >= 0.3 is 5.97 Å². The van der Waals surface area contributed by atoms with Crippen LogP contribution in [0.4, 0.5) is 0 Å². The van der Waals surface area contributed by atoms with Gasteiger partial charge in [0, 0.05) is 19.3 Å². The number of aromatic nitrogens is 1. The Labute approximate surface area is 124 Å². The SMILES string of the molecule is CC#C[C@@](O)(C(=O)OC1CCN(C)CC1)c1ccccn1. The quantitative estimate of drug-likeness (QED) is 0.662. The zero-order valence-electron chi connectivity index (χ0n) is 12.4. The van der Waals surface area contributed by atoms with Crippen molar-refractivity contribution in [2.24, 2.45) is 0 Å². The van der Waals surface area contributed by atoms with Gasteiger partial charge in [-0.2, -0.15) is 0 Å². The van der Waals surface area contributed by atoms with E-state index in [-0.39, 0.29) is 11.8 Å². The number of carbonyl (C=O) groups is 1. The van der Waals surface area contributed by atoms with Gasteiger partial charge in [-0.3, -0.25) is 4.98 Å². The smallest absolute Gasteiger partial charge is 0.357 e. The Hall–Kier alpha value is -1.90. The van der Waals surface area contributed by atoms with Crippen LogP contribution in [-0.2, 0) is 15.1 Å². The van der Waals surface area contributed by atoms with Gasteiger partial charge in [0.05, 0.1) is 5.69 Å². The Kier molecular flexibility index (Phi) is 4.94. The van der Waals surface area contributed by atoms with Crippen LogP contribution in [0.2, 0.25) is 0 Å². The Morgan fingerprint density at radius 1 is 1.48 bits per heavy atom. The first-order chi connectivity index (χ1) is 10.1. The first-order valence-electron chi connectivity index (χ1n) is 7.03. The molecule has 1 aromatic heterocycles. The Morgan fingerprint density at radius 3 is 2.76 bits per heavy atom. The summed E-state index contributed by atoms with van der Waals surface area (Å²) in [6, 6.07) is 4.99. The van der Waals surface area contributed by atoms with Gasteiger partial charge < -0.3 is 14.7 Å². The molecule has 1 fully saturated rings. The first-order valence-corrected chi connectivity index (χ1v) is 7.03. The average Bonchev–Trinajstić information content (AvgIpc) is 2.50. The van der Waals surface area contributed by atoms with Crippen molar-refractivity contribution in [1.82, 2.24) is 9.88 Å². The second kappa shape index (κ2) is 6.70. The molecule has 0 amide bonds. The fourth-order valence-electron chi connectivity index (χ4n) is 2.32. The largest absolute Gasteiger partial charge is 0.459 e. The van der Waals surface area contributed by atoms with Gasteiger partial charge in [-0.1, -0.05) is 6.07 Å². The van der Waals surface area contributed by atoms with Gasteiger partial charge in [0.25, 0.3) is 5.60 Å². The summed E-state index contributed by atoms with van der Waals surface area (Å²) >= 11 is 0. The molecule has 21 heavy (non-hydrogen) atoms. The van der Waals surface area contributed by atoms with Crippen LogP contribution in [0, 0.1) is 11.8 Å². The van der Waals surface area contributed by atoms with Crippen LogP contribution in [0.5, 0.6) is 0 Å². The number of hydrogen-bond donors (Lipinski definition) is 1. The number of nitrogens with zero attached hydrogens (tertiary/aromatic N) is 2. The van der Waals surface area contributed by atoms with Crippen molar-refractivity contribution in [2.75, 3.05) is 20.1 Å². The molecule has 1 aliphatic heterocycles. The molecular formula is C16H20N2O3. The van der Waals surface area contributed by atoms with Crippen LogP contribution in [0.25, 0.3) is 0 Å². The molecule has 0 bridgehead atoms. The second-order valence-electron chi connectivity index (χ2n) is 5.21. The average molecular weight is 288 g/mol. The Bertz CT molecular complexity index is 542. The molecule has 1 aromatic rings. The number of piperidine rings is 1. The molecule has 1 N–H and O–H groups in total. The molecule has 2 rings (SSSR count). The van der Waals surface area contributed by atoms with Crippen LogP contribution in [0.15, 0.2) is 24.4 Å². The van der Waals surface area contributed by atoms with E-state index in [1.54, 1.807) is 25.1 Å². The number of carbonyl (C=O) groups excluding carboxylic acids is 1. The zero-order valence-corrected chi connectivity index (χ0v) is 12.4. The highest BCUT2D eigenvalue weighted by atomic mass is 16.6. The number of aliphatic hydroxyl groups is 1. The summed E-state index contributed by atoms with van der Waals surface area (Å²) in [7, 11) is 2.03. The van der Waals surface area contributed by atoms with Crippen LogP contribution in [0.3, 0.4) is 0 Å². The summed E-state index contributed by atoms with van der Waals surface area (Å²) in [5.74, 6) is 4.37. The molecule has 0 aliphatic carbocycles. The fourth-order valence-corrected chi connectivity index (χ4v) is 2.32. The molecule has 0 aromatic carbocycles. The topological polar surface area (TPSA) is 62.7 Å². The van der Waals surface area contributed by atoms with E-state index in [0.717, 1.165) is 25.9 Å². The van der Waals surface area contributed by atoms with Gasteiger partial charge in [-0.15, -0.1) is 5.92 Å². The molecular weight excluding hydrogens is 268 g/mol. The second-order valence-corrected chi connectivity index (χ2v) is 5.21. The van der Waals surface area contributed by atoms with E-state index in [0.29, 0.717) is 0 Å². The van der Waals surface area contributed by atoms with Crippen molar-refractivity contribution in [3.63, 3.8) is 0 Å². The standard InChI is InChI=1S/C16H20N2O3/c1-3-9-16(20,14-6-4-5-10-17-14)15(19)21-13-7-11-18(2)12-8-13/h4-6,10,13,20H,7-8,11-12H2,1-2H3/t16-/m0/s1. The lowest BCUT2D eigenvalue weighted by atomic mass is 9.99. The highest BCUT2D eigenvalue weighted by molar-refractivity contribution is 5.84. The van der Waals surface area contributed by atoms with E-state index < -0.39 is 11.6 Å².